The van der Waals surface area contributed by atoms with Crippen LogP contribution >= 0.6 is 0 Å². The van der Waals surface area contributed by atoms with E-state index in [9.17, 15) is 9.59 Å². The van der Waals surface area contributed by atoms with Gasteiger partial charge >= 0.3 is 5.97 Å². The van der Waals surface area contributed by atoms with Gasteiger partial charge in [0.1, 0.15) is 5.75 Å². The molecule has 0 aromatic heterocycles. The summed E-state index contributed by atoms with van der Waals surface area (Å²) < 4.78 is 10.3. The molecule has 0 saturated carbocycles. The highest BCUT2D eigenvalue weighted by molar-refractivity contribution is 6.53. The van der Waals surface area contributed by atoms with E-state index in [1.54, 1.807) is 50.4 Å². The first-order valence-electron chi connectivity index (χ1n) is 7.36. The van der Waals surface area contributed by atoms with Crippen LogP contribution in [0.2, 0.25) is 0 Å². The van der Waals surface area contributed by atoms with E-state index in [0.29, 0.717) is 22.7 Å². The van der Waals surface area contributed by atoms with Gasteiger partial charge in [0.25, 0.3) is 5.78 Å². The van der Waals surface area contributed by atoms with Gasteiger partial charge in [0.15, 0.2) is 5.76 Å². The first kappa shape index (κ1) is 15.7. The molecule has 24 heavy (non-hydrogen) atoms. The number of carbonyl (C=O) groups excluding carboxylic acids is 2. The van der Waals surface area contributed by atoms with E-state index in [0.717, 1.165) is 0 Å². The Bertz CT molecular complexity index is 849. The lowest BCUT2D eigenvalue weighted by Gasteiger charge is -2.05. The second kappa shape index (κ2) is 6.50. The molecule has 1 heterocycles. The van der Waals surface area contributed by atoms with E-state index in [1.165, 1.54) is 0 Å². The van der Waals surface area contributed by atoms with Crippen LogP contribution in [0.15, 0.2) is 65.2 Å². The molecule has 0 saturated heterocycles. The maximum absolute atomic E-state index is 12.2. The van der Waals surface area contributed by atoms with Gasteiger partial charge in [-0.3, -0.25) is 9.79 Å². The molecule has 0 fully saturated rings. The molecule has 0 aliphatic carbocycles. The SMILES string of the molecule is COc1ccc(N=C(C)C2=C(c3ccccc3)OC(=O)C2=O)cc1. The van der Waals surface area contributed by atoms with Crippen LogP contribution in [0.5, 0.6) is 5.75 Å². The molecule has 1 aliphatic heterocycles. The van der Waals surface area contributed by atoms with Crippen molar-refractivity contribution in [2.75, 3.05) is 7.11 Å². The molecule has 0 atom stereocenters. The average Bonchev–Trinajstić information content (AvgIpc) is 2.91. The number of aliphatic imine (C=N–C) groups is 1. The molecule has 0 spiro atoms. The predicted molar refractivity (Wildman–Crippen MR) is 90.2 cm³/mol. The van der Waals surface area contributed by atoms with Gasteiger partial charge in [-0.15, -0.1) is 0 Å². The average molecular weight is 321 g/mol. The van der Waals surface area contributed by atoms with E-state index < -0.39 is 11.8 Å². The third-order valence-corrected chi connectivity index (χ3v) is 3.60. The molecule has 5 heteroatoms. The van der Waals surface area contributed by atoms with Crippen molar-refractivity contribution < 1.29 is 19.1 Å². The fourth-order valence-corrected chi connectivity index (χ4v) is 2.42. The highest BCUT2D eigenvalue weighted by Gasteiger charge is 2.36. The van der Waals surface area contributed by atoms with E-state index in [4.69, 9.17) is 9.47 Å². The third kappa shape index (κ3) is 2.96. The summed E-state index contributed by atoms with van der Waals surface area (Å²) in [5.74, 6) is -0.594. The van der Waals surface area contributed by atoms with Crippen LogP contribution in [0, 0.1) is 0 Å². The highest BCUT2D eigenvalue weighted by Crippen LogP contribution is 2.29. The molecule has 0 amide bonds. The minimum absolute atomic E-state index is 0.196. The van der Waals surface area contributed by atoms with Crippen molar-refractivity contribution in [3.8, 4) is 5.75 Å². The van der Waals surface area contributed by atoms with E-state index in [-0.39, 0.29) is 11.3 Å². The molecule has 0 N–H and O–H groups in total. The van der Waals surface area contributed by atoms with Crippen LogP contribution < -0.4 is 4.74 Å². The van der Waals surface area contributed by atoms with Gasteiger partial charge in [-0.1, -0.05) is 30.3 Å². The van der Waals surface area contributed by atoms with Crippen molar-refractivity contribution in [2.45, 2.75) is 6.92 Å². The zero-order chi connectivity index (χ0) is 17.1. The number of nitrogens with zero attached hydrogens (tertiary/aromatic N) is 1. The van der Waals surface area contributed by atoms with Gasteiger partial charge in [0.05, 0.1) is 24.1 Å². The molecule has 0 radical (unpaired) electrons. The summed E-state index contributed by atoms with van der Waals surface area (Å²) in [5.41, 5.74) is 1.94. The Morgan fingerprint density at radius 1 is 1.00 bits per heavy atom. The number of ether oxygens (including phenoxy) is 2. The van der Waals surface area contributed by atoms with E-state index in [2.05, 4.69) is 4.99 Å². The first-order chi connectivity index (χ1) is 11.6. The summed E-state index contributed by atoms with van der Waals surface area (Å²) in [4.78, 5) is 28.3. The first-order valence-corrected chi connectivity index (χ1v) is 7.36. The van der Waals surface area contributed by atoms with Crippen LogP contribution in [0.1, 0.15) is 12.5 Å². The van der Waals surface area contributed by atoms with Gasteiger partial charge < -0.3 is 9.47 Å². The number of cyclic esters (lactones) is 1. The number of hydrogen-bond acceptors (Lipinski definition) is 5. The van der Waals surface area contributed by atoms with E-state index >= 15 is 0 Å². The fourth-order valence-electron chi connectivity index (χ4n) is 2.42. The Balaban J connectivity index is 2.03. The molecule has 120 valence electrons. The Hall–Kier alpha value is -3.21. The van der Waals surface area contributed by atoms with Crippen LogP contribution in [0.3, 0.4) is 0 Å². The fraction of sp³-hybridized carbons (Fsp3) is 0.105. The minimum Gasteiger partial charge on any atom is -0.497 e. The largest absolute Gasteiger partial charge is 0.497 e. The van der Waals surface area contributed by atoms with Crippen molar-refractivity contribution in [2.24, 2.45) is 4.99 Å². The summed E-state index contributed by atoms with van der Waals surface area (Å²) in [5, 5.41) is 0. The third-order valence-electron chi connectivity index (χ3n) is 3.60. The quantitative estimate of drug-likeness (QED) is 0.492. The Morgan fingerprint density at radius 3 is 2.29 bits per heavy atom. The van der Waals surface area contributed by atoms with Crippen molar-refractivity contribution in [1.82, 2.24) is 0 Å². The number of methoxy groups -OCH3 is 1. The zero-order valence-corrected chi connectivity index (χ0v) is 13.3. The van der Waals surface area contributed by atoms with E-state index in [1.807, 2.05) is 18.2 Å². The Kier molecular flexibility index (Phi) is 4.24. The second-order valence-corrected chi connectivity index (χ2v) is 5.18. The van der Waals surface area contributed by atoms with Crippen LogP contribution in [0.25, 0.3) is 5.76 Å². The summed E-state index contributed by atoms with van der Waals surface area (Å²) in [6, 6.07) is 16.1. The summed E-state index contributed by atoms with van der Waals surface area (Å²) >= 11 is 0. The molecule has 0 unspecified atom stereocenters. The van der Waals surface area contributed by atoms with Gasteiger partial charge in [0, 0.05) is 5.56 Å². The monoisotopic (exact) mass is 321 g/mol. The standard InChI is InChI=1S/C19H15NO4/c1-12(20-14-8-10-15(23-2)11-9-14)16-17(21)19(22)24-18(16)13-6-4-3-5-7-13/h3-11H,1-2H3. The number of hydrogen-bond donors (Lipinski definition) is 0. The second-order valence-electron chi connectivity index (χ2n) is 5.18. The summed E-state index contributed by atoms with van der Waals surface area (Å²) in [7, 11) is 1.58. The van der Waals surface area contributed by atoms with Gasteiger partial charge in [-0.25, -0.2) is 4.79 Å². The number of ketones is 1. The molecule has 1 aliphatic rings. The number of esters is 1. The minimum atomic E-state index is -0.881. The normalized spacial score (nSPS) is 14.8. The smallest absolute Gasteiger partial charge is 0.385 e. The number of carbonyl (C=O) groups is 2. The zero-order valence-electron chi connectivity index (χ0n) is 13.3. The lowest BCUT2D eigenvalue weighted by atomic mass is 10.0. The summed E-state index contributed by atoms with van der Waals surface area (Å²) in [6.07, 6.45) is 0. The molecular formula is C19H15NO4. The van der Waals surface area contributed by atoms with Crippen molar-refractivity contribution in [3.63, 3.8) is 0 Å². The lowest BCUT2D eigenvalue weighted by molar-refractivity contribution is -0.144. The molecule has 5 nitrogen and oxygen atoms in total. The predicted octanol–water partition coefficient (Wildman–Crippen LogP) is 3.32. The van der Waals surface area contributed by atoms with Gasteiger partial charge in [-0.2, -0.15) is 0 Å². The topological polar surface area (TPSA) is 65.0 Å². The van der Waals surface area contributed by atoms with Crippen LogP contribution in [-0.2, 0) is 14.3 Å². The molecule has 2 aromatic carbocycles. The number of rotatable bonds is 4. The van der Waals surface area contributed by atoms with Crippen molar-refractivity contribution >= 4 is 28.9 Å². The number of benzene rings is 2. The maximum atomic E-state index is 12.2. The highest BCUT2D eigenvalue weighted by atomic mass is 16.5. The van der Waals surface area contributed by atoms with Crippen LogP contribution in [-0.4, -0.2) is 24.6 Å². The summed E-state index contributed by atoms with van der Waals surface area (Å²) in [6.45, 7) is 1.68. The molecule has 3 rings (SSSR count). The lowest BCUT2D eigenvalue weighted by Crippen LogP contribution is -2.13. The van der Waals surface area contributed by atoms with Crippen LogP contribution in [0.4, 0.5) is 5.69 Å². The maximum Gasteiger partial charge on any atom is 0.385 e. The molecule has 0 bridgehead atoms. The van der Waals surface area contributed by atoms with Gasteiger partial charge in [-0.05, 0) is 31.2 Å². The molecular weight excluding hydrogens is 306 g/mol. The van der Waals surface area contributed by atoms with Gasteiger partial charge in [0.2, 0.25) is 0 Å². The van der Waals surface area contributed by atoms with Crippen molar-refractivity contribution in [3.05, 3.63) is 65.7 Å². The number of Topliss-reactive ketones (excluding diaryl/α,β-unsaturated/α-hetero) is 1. The Labute approximate surface area is 139 Å². The van der Waals surface area contributed by atoms with Crippen molar-refractivity contribution in [1.29, 1.82) is 0 Å². The Morgan fingerprint density at radius 2 is 1.67 bits per heavy atom. The molecule has 2 aromatic rings.